The van der Waals surface area contributed by atoms with E-state index in [4.69, 9.17) is 9.47 Å². The van der Waals surface area contributed by atoms with Crippen molar-refractivity contribution in [3.63, 3.8) is 0 Å². The second-order valence-corrected chi connectivity index (χ2v) is 7.14. The zero-order valence-corrected chi connectivity index (χ0v) is 16.9. The molecule has 0 spiro atoms. The first-order valence-electron chi connectivity index (χ1n) is 9.34. The van der Waals surface area contributed by atoms with Crippen molar-refractivity contribution in [1.82, 2.24) is 4.98 Å². The van der Waals surface area contributed by atoms with Crippen LogP contribution in [0.3, 0.4) is 0 Å². The Hall–Kier alpha value is -2.86. The molecule has 0 aliphatic rings. The van der Waals surface area contributed by atoms with Crippen molar-refractivity contribution in [2.75, 3.05) is 11.9 Å². The predicted octanol–water partition coefficient (Wildman–Crippen LogP) is 4.86. The van der Waals surface area contributed by atoms with E-state index in [1.54, 1.807) is 0 Å². The molecule has 0 saturated heterocycles. The second kappa shape index (κ2) is 9.90. The van der Waals surface area contributed by atoms with E-state index in [9.17, 15) is 4.79 Å². The summed E-state index contributed by atoms with van der Waals surface area (Å²) >= 11 is 1.50. The van der Waals surface area contributed by atoms with Gasteiger partial charge in [-0.2, -0.15) is 0 Å². The number of hydrogen-bond acceptors (Lipinski definition) is 5. The summed E-state index contributed by atoms with van der Waals surface area (Å²) in [6.45, 7) is 5.08. The van der Waals surface area contributed by atoms with Crippen LogP contribution < -0.4 is 14.8 Å². The third-order valence-corrected chi connectivity index (χ3v) is 4.96. The molecule has 0 aliphatic carbocycles. The molecule has 146 valence electrons. The highest BCUT2D eigenvalue weighted by molar-refractivity contribution is 7.09. The Morgan fingerprint density at radius 2 is 1.68 bits per heavy atom. The van der Waals surface area contributed by atoms with Gasteiger partial charge in [-0.05, 0) is 55.3 Å². The van der Waals surface area contributed by atoms with E-state index in [1.165, 1.54) is 16.9 Å². The number of aryl methyl sites for hydroxylation is 1. The molecule has 0 fully saturated rings. The fourth-order valence-corrected chi connectivity index (χ4v) is 3.34. The lowest BCUT2D eigenvalue weighted by molar-refractivity contribution is -0.115. The number of hydrogen-bond donors (Lipinski definition) is 1. The molecule has 0 radical (unpaired) electrons. The number of thiazole rings is 1. The van der Waals surface area contributed by atoms with Crippen molar-refractivity contribution in [1.29, 1.82) is 0 Å². The van der Waals surface area contributed by atoms with Gasteiger partial charge in [-0.3, -0.25) is 4.79 Å². The summed E-state index contributed by atoms with van der Waals surface area (Å²) in [4.78, 5) is 16.7. The number of nitrogens with one attached hydrogen (secondary N) is 1. The highest BCUT2D eigenvalue weighted by Crippen LogP contribution is 2.18. The van der Waals surface area contributed by atoms with Crippen molar-refractivity contribution in [2.45, 2.75) is 33.3 Å². The van der Waals surface area contributed by atoms with Crippen molar-refractivity contribution in [2.24, 2.45) is 0 Å². The average molecular weight is 397 g/mol. The highest BCUT2D eigenvalue weighted by atomic mass is 32.1. The molecule has 6 heteroatoms. The maximum Gasteiger partial charge on any atom is 0.230 e. The molecular formula is C22H24N2O3S. The van der Waals surface area contributed by atoms with Crippen LogP contribution in [0.4, 0.5) is 5.69 Å². The standard InChI is InChI=1S/C22H24N2O3S/c1-3-16-5-9-20(10-6-16)27-14-22-24-18(15-28-22)13-21(25)23-17-7-11-19(12-8-17)26-4-2/h5-12,15H,3-4,13-14H2,1-2H3,(H,23,25). The van der Waals surface area contributed by atoms with Crippen LogP contribution in [0, 0.1) is 0 Å². The highest BCUT2D eigenvalue weighted by Gasteiger charge is 2.09. The van der Waals surface area contributed by atoms with Crippen molar-refractivity contribution < 1.29 is 14.3 Å². The molecule has 2 aromatic carbocycles. The van der Waals surface area contributed by atoms with Crippen LogP contribution >= 0.6 is 11.3 Å². The van der Waals surface area contributed by atoms with Gasteiger partial charge in [0.2, 0.25) is 5.91 Å². The molecule has 28 heavy (non-hydrogen) atoms. The summed E-state index contributed by atoms with van der Waals surface area (Å²) in [5, 5.41) is 5.63. The molecule has 1 amide bonds. The fourth-order valence-electron chi connectivity index (χ4n) is 2.63. The number of nitrogens with zero attached hydrogens (tertiary/aromatic N) is 1. The largest absolute Gasteiger partial charge is 0.494 e. The van der Waals surface area contributed by atoms with Crippen LogP contribution in [0.25, 0.3) is 0 Å². The number of carbonyl (C=O) groups is 1. The van der Waals surface area contributed by atoms with E-state index < -0.39 is 0 Å². The lowest BCUT2D eigenvalue weighted by Gasteiger charge is -2.06. The van der Waals surface area contributed by atoms with Crippen LogP contribution in [0.1, 0.15) is 30.1 Å². The monoisotopic (exact) mass is 396 g/mol. The van der Waals surface area contributed by atoms with Gasteiger partial charge in [0.15, 0.2) is 0 Å². The molecule has 3 aromatic rings. The van der Waals surface area contributed by atoms with Crippen LogP contribution in [0.15, 0.2) is 53.9 Å². The topological polar surface area (TPSA) is 60.5 Å². The predicted molar refractivity (Wildman–Crippen MR) is 112 cm³/mol. The van der Waals surface area contributed by atoms with Gasteiger partial charge in [-0.25, -0.2) is 4.98 Å². The molecule has 0 atom stereocenters. The minimum absolute atomic E-state index is 0.0999. The minimum Gasteiger partial charge on any atom is -0.494 e. The van der Waals surface area contributed by atoms with Crippen molar-refractivity contribution >= 4 is 22.9 Å². The average Bonchev–Trinajstić information content (AvgIpc) is 3.15. The number of benzene rings is 2. The van der Waals surface area contributed by atoms with Gasteiger partial charge in [0.05, 0.1) is 18.7 Å². The quantitative estimate of drug-likeness (QED) is 0.561. The number of amides is 1. The van der Waals surface area contributed by atoms with Crippen molar-refractivity contribution in [3.05, 3.63) is 70.2 Å². The third kappa shape index (κ3) is 5.82. The van der Waals surface area contributed by atoms with E-state index in [2.05, 4.69) is 29.4 Å². The number of carbonyl (C=O) groups excluding carboxylic acids is 1. The van der Waals surface area contributed by atoms with Gasteiger partial charge in [-0.1, -0.05) is 19.1 Å². The minimum atomic E-state index is -0.0999. The second-order valence-electron chi connectivity index (χ2n) is 6.20. The Bertz CT molecular complexity index is 889. The molecule has 1 heterocycles. The first kappa shape index (κ1) is 19.9. The molecule has 1 aromatic heterocycles. The SMILES string of the molecule is CCOc1ccc(NC(=O)Cc2csc(COc3ccc(CC)cc3)n2)cc1. The van der Waals surface area contributed by atoms with Crippen LogP contribution in [-0.2, 0) is 24.2 Å². The molecule has 0 bridgehead atoms. The lowest BCUT2D eigenvalue weighted by Crippen LogP contribution is -2.14. The van der Waals surface area contributed by atoms with E-state index in [0.717, 1.165) is 34.3 Å². The molecule has 3 rings (SSSR count). The molecule has 1 N–H and O–H groups in total. The zero-order valence-electron chi connectivity index (χ0n) is 16.1. The van der Waals surface area contributed by atoms with Gasteiger partial charge in [0, 0.05) is 11.1 Å². The zero-order chi connectivity index (χ0) is 19.8. The Balaban J connectivity index is 1.48. The maximum atomic E-state index is 12.2. The van der Waals surface area contributed by atoms with Crippen molar-refractivity contribution in [3.8, 4) is 11.5 Å². The number of rotatable bonds is 9. The first-order valence-corrected chi connectivity index (χ1v) is 10.2. The van der Waals surface area contributed by atoms with Gasteiger partial charge in [0.1, 0.15) is 23.1 Å². The van der Waals surface area contributed by atoms with E-state index >= 15 is 0 Å². The number of ether oxygens (including phenoxy) is 2. The smallest absolute Gasteiger partial charge is 0.230 e. The van der Waals surface area contributed by atoms with E-state index in [1.807, 2.05) is 48.7 Å². The Morgan fingerprint density at radius 3 is 2.36 bits per heavy atom. The number of anilines is 1. The summed E-state index contributed by atoms with van der Waals surface area (Å²) < 4.78 is 11.2. The van der Waals surface area contributed by atoms with Gasteiger partial charge in [0.25, 0.3) is 0 Å². The third-order valence-electron chi connectivity index (χ3n) is 4.08. The van der Waals surface area contributed by atoms with E-state index in [0.29, 0.717) is 13.2 Å². The Kier molecular flexibility index (Phi) is 7.03. The summed E-state index contributed by atoms with van der Waals surface area (Å²) in [7, 11) is 0. The summed E-state index contributed by atoms with van der Waals surface area (Å²) in [6, 6.07) is 15.4. The van der Waals surface area contributed by atoms with E-state index in [-0.39, 0.29) is 12.3 Å². The maximum absolute atomic E-state index is 12.2. The van der Waals surface area contributed by atoms with Crippen LogP contribution in [0.5, 0.6) is 11.5 Å². The van der Waals surface area contributed by atoms with Crippen LogP contribution in [0.2, 0.25) is 0 Å². The van der Waals surface area contributed by atoms with Gasteiger partial charge >= 0.3 is 0 Å². The molecule has 0 aliphatic heterocycles. The summed E-state index contributed by atoms with van der Waals surface area (Å²) in [5.74, 6) is 1.51. The summed E-state index contributed by atoms with van der Waals surface area (Å²) in [6.07, 6.45) is 1.24. The number of aromatic nitrogens is 1. The molecule has 0 saturated carbocycles. The fraction of sp³-hybridized carbons (Fsp3) is 0.273. The van der Waals surface area contributed by atoms with Gasteiger partial charge in [-0.15, -0.1) is 11.3 Å². The molecule has 0 unspecified atom stereocenters. The first-order chi connectivity index (χ1) is 13.7. The summed E-state index contributed by atoms with van der Waals surface area (Å²) in [5.41, 5.74) is 2.76. The normalized spacial score (nSPS) is 10.5. The van der Waals surface area contributed by atoms with Crippen LogP contribution in [-0.4, -0.2) is 17.5 Å². The molecule has 5 nitrogen and oxygen atoms in total. The lowest BCUT2D eigenvalue weighted by atomic mass is 10.2. The Morgan fingerprint density at radius 1 is 1.00 bits per heavy atom. The molecular weight excluding hydrogens is 372 g/mol. The Labute approximate surface area is 169 Å². The van der Waals surface area contributed by atoms with Gasteiger partial charge < -0.3 is 14.8 Å².